The third-order valence-electron chi connectivity index (χ3n) is 1.15. The van der Waals surface area contributed by atoms with Crippen LogP contribution in [0.15, 0.2) is 0 Å². The predicted octanol–water partition coefficient (Wildman–Crippen LogP) is 2.07. The molecule has 0 aliphatic rings. The van der Waals surface area contributed by atoms with Crippen LogP contribution in [-0.4, -0.2) is 30.5 Å². The number of hydrogen-bond donors (Lipinski definition) is 1. The first-order chi connectivity index (χ1) is 5.99. The van der Waals surface area contributed by atoms with Gasteiger partial charge in [-0.15, -0.1) is 23.2 Å². The van der Waals surface area contributed by atoms with E-state index in [1.807, 2.05) is 0 Å². The minimum atomic E-state index is -3.13. The van der Waals surface area contributed by atoms with Crippen molar-refractivity contribution < 1.29 is 13.9 Å². The Morgan fingerprint density at radius 3 is 2.62 bits per heavy atom. The molecule has 0 saturated heterocycles. The van der Waals surface area contributed by atoms with Gasteiger partial charge in [-0.3, -0.25) is 14.4 Å². The van der Waals surface area contributed by atoms with Gasteiger partial charge in [-0.2, -0.15) is 0 Å². The molecule has 0 aliphatic carbocycles. The number of amides is 1. The first-order valence-electron chi connectivity index (χ1n) is 3.22. The summed E-state index contributed by atoms with van der Waals surface area (Å²) in [4.78, 5) is 11.1. The smallest absolute Gasteiger partial charge is 0.309 e. The second-order valence-electron chi connectivity index (χ2n) is 1.96. The quantitative estimate of drug-likeness (QED) is 0.611. The van der Waals surface area contributed by atoms with Crippen molar-refractivity contribution in [1.29, 1.82) is 0 Å². The van der Waals surface area contributed by atoms with Crippen molar-refractivity contribution in [1.82, 2.24) is 5.09 Å². The number of carbonyl (C=O) groups is 1. The van der Waals surface area contributed by atoms with Gasteiger partial charge in [-0.1, -0.05) is 11.4 Å². The minimum absolute atomic E-state index is 0.0362. The Balaban J connectivity index is 4.26. The highest BCUT2D eigenvalue weighted by Crippen LogP contribution is 2.53. The molecule has 4 nitrogen and oxygen atoms in total. The van der Waals surface area contributed by atoms with Crippen molar-refractivity contribution in [3.8, 4) is 0 Å². The van der Waals surface area contributed by atoms with Gasteiger partial charge in [0.25, 0.3) is 0 Å². The summed E-state index contributed by atoms with van der Waals surface area (Å²) in [5, 5.41) is 1.29. The fourth-order valence-corrected chi connectivity index (χ4v) is 2.46. The van der Waals surface area contributed by atoms with Crippen LogP contribution < -0.4 is 5.09 Å². The van der Waals surface area contributed by atoms with Crippen molar-refractivity contribution in [2.75, 3.05) is 19.2 Å². The molecule has 2 unspecified atom stereocenters. The third-order valence-corrected chi connectivity index (χ3v) is 5.59. The molecular formula is C5H10Cl2NO3PS. The molecule has 1 amide bonds. The molecule has 13 heavy (non-hydrogen) atoms. The van der Waals surface area contributed by atoms with Gasteiger partial charge < -0.3 is 4.52 Å². The first-order valence-corrected chi connectivity index (χ1v) is 7.65. The van der Waals surface area contributed by atoms with Crippen LogP contribution in [-0.2, 0) is 13.9 Å². The van der Waals surface area contributed by atoms with E-state index in [9.17, 15) is 9.36 Å². The van der Waals surface area contributed by atoms with Gasteiger partial charge in [0.15, 0.2) is 0 Å². The summed E-state index contributed by atoms with van der Waals surface area (Å²) in [6.45, 7) is -3.13. The molecule has 8 heteroatoms. The Morgan fingerprint density at radius 2 is 2.31 bits per heavy atom. The van der Waals surface area contributed by atoms with E-state index in [0.717, 1.165) is 11.4 Å². The molecule has 0 aromatic heterocycles. The average molecular weight is 266 g/mol. The average Bonchev–Trinajstić information content (AvgIpc) is 2.16. The van der Waals surface area contributed by atoms with E-state index in [4.69, 9.17) is 23.2 Å². The Kier molecular flexibility index (Phi) is 6.42. The van der Waals surface area contributed by atoms with Crippen LogP contribution in [0.3, 0.4) is 0 Å². The van der Waals surface area contributed by atoms with E-state index < -0.39 is 18.0 Å². The van der Waals surface area contributed by atoms with E-state index in [0.29, 0.717) is 0 Å². The number of alkyl halides is 2. The molecule has 78 valence electrons. The highest BCUT2D eigenvalue weighted by atomic mass is 35.5. The lowest BCUT2D eigenvalue weighted by Gasteiger charge is -2.15. The summed E-state index contributed by atoms with van der Waals surface area (Å²) in [6, 6.07) is 0. The SMILES string of the molecule is COP(=O)(NC(=O)C(Cl)CCl)SC. The Labute approximate surface area is 90.9 Å². The monoisotopic (exact) mass is 265 g/mol. The van der Waals surface area contributed by atoms with E-state index in [2.05, 4.69) is 9.61 Å². The molecule has 0 spiro atoms. The van der Waals surface area contributed by atoms with E-state index in [1.54, 1.807) is 6.26 Å². The number of carbonyl (C=O) groups excluding carboxylic acids is 1. The second kappa shape index (κ2) is 6.14. The summed E-state index contributed by atoms with van der Waals surface area (Å²) >= 11 is 11.8. The van der Waals surface area contributed by atoms with Gasteiger partial charge >= 0.3 is 6.72 Å². The van der Waals surface area contributed by atoms with Gasteiger partial charge in [0, 0.05) is 13.0 Å². The lowest BCUT2D eigenvalue weighted by Crippen LogP contribution is -2.29. The summed E-state index contributed by atoms with van der Waals surface area (Å²) in [5.41, 5.74) is 0. The minimum Gasteiger partial charge on any atom is -0.309 e. The van der Waals surface area contributed by atoms with Gasteiger partial charge in [0.1, 0.15) is 5.38 Å². The van der Waals surface area contributed by atoms with Crippen molar-refractivity contribution in [2.45, 2.75) is 5.38 Å². The number of halogens is 2. The Morgan fingerprint density at radius 1 is 1.77 bits per heavy atom. The molecule has 0 fully saturated rings. The maximum Gasteiger partial charge on any atom is 0.352 e. The van der Waals surface area contributed by atoms with Crippen molar-refractivity contribution in [3.05, 3.63) is 0 Å². The fourth-order valence-electron chi connectivity index (χ4n) is 0.441. The van der Waals surface area contributed by atoms with E-state index in [-0.39, 0.29) is 5.88 Å². The number of hydrogen-bond acceptors (Lipinski definition) is 4. The van der Waals surface area contributed by atoms with Gasteiger partial charge in [0.05, 0.1) is 0 Å². The Bertz CT molecular complexity index is 220. The topological polar surface area (TPSA) is 55.4 Å². The summed E-state index contributed by atoms with van der Waals surface area (Å²) < 4.78 is 16.1. The third kappa shape index (κ3) is 4.56. The molecule has 0 radical (unpaired) electrons. The van der Waals surface area contributed by atoms with Crippen LogP contribution >= 0.6 is 41.3 Å². The van der Waals surface area contributed by atoms with Crippen LogP contribution in [0.5, 0.6) is 0 Å². The summed E-state index contributed by atoms with van der Waals surface area (Å²) in [6.07, 6.45) is 1.56. The number of nitrogens with one attached hydrogen (secondary N) is 1. The highest BCUT2D eigenvalue weighted by Gasteiger charge is 2.26. The molecule has 1 N–H and O–H groups in total. The molecule has 0 aliphatic heterocycles. The van der Waals surface area contributed by atoms with Crippen molar-refractivity contribution in [3.63, 3.8) is 0 Å². The maximum absolute atomic E-state index is 11.5. The van der Waals surface area contributed by atoms with Gasteiger partial charge in [-0.05, 0) is 6.26 Å². The van der Waals surface area contributed by atoms with Crippen molar-refractivity contribution >= 4 is 47.2 Å². The first kappa shape index (κ1) is 13.6. The molecule has 0 bridgehead atoms. The molecule has 0 rings (SSSR count). The van der Waals surface area contributed by atoms with Crippen LogP contribution in [0.4, 0.5) is 0 Å². The lowest BCUT2D eigenvalue weighted by atomic mass is 10.5. The predicted molar refractivity (Wildman–Crippen MR) is 56.6 cm³/mol. The molecule has 0 aromatic rings. The summed E-state index contributed by atoms with van der Waals surface area (Å²) in [7, 11) is 1.25. The van der Waals surface area contributed by atoms with E-state index in [1.165, 1.54) is 7.11 Å². The van der Waals surface area contributed by atoms with Crippen molar-refractivity contribution in [2.24, 2.45) is 0 Å². The van der Waals surface area contributed by atoms with Crippen LogP contribution in [0.1, 0.15) is 0 Å². The largest absolute Gasteiger partial charge is 0.352 e. The molecule has 0 saturated carbocycles. The highest BCUT2D eigenvalue weighted by molar-refractivity contribution is 8.55. The maximum atomic E-state index is 11.5. The molecule has 0 aromatic carbocycles. The molecule has 2 atom stereocenters. The Hall–Kier alpha value is 0.590. The lowest BCUT2D eigenvalue weighted by molar-refractivity contribution is -0.118. The standard InChI is InChI=1S/C5H10Cl2NO3PS/c1-11-12(10,13-2)8-5(9)4(7)3-6/h4H,3H2,1-2H3,(H,8,9,10). The molecule has 0 heterocycles. The second-order valence-corrected chi connectivity index (χ2v) is 7.28. The van der Waals surface area contributed by atoms with E-state index >= 15 is 0 Å². The number of rotatable bonds is 5. The fraction of sp³-hybridized carbons (Fsp3) is 0.800. The van der Waals surface area contributed by atoms with Gasteiger partial charge in [-0.25, -0.2) is 0 Å². The zero-order valence-electron chi connectivity index (χ0n) is 7.12. The van der Waals surface area contributed by atoms with Crippen LogP contribution in [0, 0.1) is 0 Å². The normalized spacial score (nSPS) is 17.5. The van der Waals surface area contributed by atoms with Crippen LogP contribution in [0.25, 0.3) is 0 Å². The molecular weight excluding hydrogens is 256 g/mol. The zero-order valence-corrected chi connectivity index (χ0v) is 10.3. The van der Waals surface area contributed by atoms with Crippen LogP contribution in [0.2, 0.25) is 0 Å². The van der Waals surface area contributed by atoms with Gasteiger partial charge in [0.2, 0.25) is 5.91 Å². The summed E-state index contributed by atoms with van der Waals surface area (Å²) in [5.74, 6) is -0.623. The zero-order chi connectivity index (χ0) is 10.5.